The van der Waals surface area contributed by atoms with Crippen molar-refractivity contribution in [3.05, 3.63) is 71.8 Å². The van der Waals surface area contributed by atoms with Gasteiger partial charge >= 0.3 is 0 Å². The van der Waals surface area contributed by atoms with E-state index in [0.29, 0.717) is 11.3 Å². The Balaban J connectivity index is 2.11. The van der Waals surface area contributed by atoms with Crippen LogP contribution in [0.1, 0.15) is 11.1 Å². The summed E-state index contributed by atoms with van der Waals surface area (Å²) in [7, 11) is 1.56. The van der Waals surface area contributed by atoms with Crippen molar-refractivity contribution in [3.63, 3.8) is 0 Å². The van der Waals surface area contributed by atoms with Gasteiger partial charge in [-0.2, -0.15) is 0 Å². The summed E-state index contributed by atoms with van der Waals surface area (Å²) in [4.78, 5) is 11.7. The molecule has 0 aromatic heterocycles. The minimum Gasteiger partial charge on any atom is -0.507 e. The van der Waals surface area contributed by atoms with Crippen LogP contribution < -0.4 is 4.74 Å². The fraction of sp³-hybridized carbons (Fsp3) is 0.0556. The predicted octanol–water partition coefficient (Wildman–Crippen LogP) is 3.21. The van der Waals surface area contributed by atoms with Gasteiger partial charge in [0.25, 0.3) is 0 Å². The first kappa shape index (κ1) is 14.4. The van der Waals surface area contributed by atoms with E-state index in [0.717, 1.165) is 11.6 Å². The molecular formula is C18H14O3. The second-order valence-corrected chi connectivity index (χ2v) is 4.24. The lowest BCUT2D eigenvalue weighted by atomic mass is 10.1. The van der Waals surface area contributed by atoms with Crippen molar-refractivity contribution in [2.75, 3.05) is 7.11 Å². The van der Waals surface area contributed by atoms with E-state index < -0.39 is 5.78 Å². The van der Waals surface area contributed by atoms with Crippen LogP contribution in [0, 0.1) is 11.8 Å². The molecule has 3 nitrogen and oxygen atoms in total. The van der Waals surface area contributed by atoms with Crippen molar-refractivity contribution >= 4 is 11.5 Å². The van der Waals surface area contributed by atoms with Crippen molar-refractivity contribution in [3.8, 4) is 17.6 Å². The fourth-order valence-corrected chi connectivity index (χ4v) is 1.66. The molecule has 0 radical (unpaired) electrons. The van der Waals surface area contributed by atoms with Crippen LogP contribution in [0.4, 0.5) is 0 Å². The molecule has 0 saturated carbocycles. The molecule has 0 bridgehead atoms. The molecule has 0 saturated heterocycles. The van der Waals surface area contributed by atoms with Crippen LogP contribution in [-0.4, -0.2) is 18.0 Å². The van der Waals surface area contributed by atoms with Gasteiger partial charge in [-0.25, -0.2) is 0 Å². The van der Waals surface area contributed by atoms with Gasteiger partial charge in [0.15, 0.2) is 0 Å². The molecule has 2 aromatic carbocycles. The number of ketones is 1. The number of aliphatic hydroxyl groups excluding tert-OH is 1. The summed E-state index contributed by atoms with van der Waals surface area (Å²) >= 11 is 0. The van der Waals surface area contributed by atoms with E-state index >= 15 is 0 Å². The Morgan fingerprint density at radius 3 is 2.38 bits per heavy atom. The number of allylic oxidation sites excluding steroid dienone is 1. The predicted molar refractivity (Wildman–Crippen MR) is 81.9 cm³/mol. The molecule has 104 valence electrons. The summed E-state index contributed by atoms with van der Waals surface area (Å²) in [5, 5.41) is 9.88. The summed E-state index contributed by atoms with van der Waals surface area (Å²) < 4.78 is 5.03. The van der Waals surface area contributed by atoms with E-state index in [4.69, 9.17) is 4.74 Å². The average Bonchev–Trinajstić information content (AvgIpc) is 2.54. The molecule has 0 spiro atoms. The van der Waals surface area contributed by atoms with Crippen molar-refractivity contribution in [2.45, 2.75) is 0 Å². The molecule has 0 fully saturated rings. The lowest BCUT2D eigenvalue weighted by Crippen LogP contribution is -1.92. The minimum atomic E-state index is -0.452. The number of aliphatic hydroxyl groups is 1. The first-order chi connectivity index (χ1) is 10.2. The Kier molecular flexibility index (Phi) is 4.79. The highest BCUT2D eigenvalue weighted by molar-refractivity contribution is 6.07. The Bertz CT molecular complexity index is 702. The van der Waals surface area contributed by atoms with Gasteiger partial charge in [0.2, 0.25) is 5.78 Å². The summed E-state index contributed by atoms with van der Waals surface area (Å²) in [6, 6.07) is 15.9. The van der Waals surface area contributed by atoms with Gasteiger partial charge in [-0.1, -0.05) is 24.1 Å². The van der Waals surface area contributed by atoms with Gasteiger partial charge in [-0.3, -0.25) is 4.79 Å². The normalized spacial score (nSPS) is 10.4. The van der Waals surface area contributed by atoms with Crippen LogP contribution in [0.15, 0.2) is 60.7 Å². The molecule has 2 aromatic rings. The molecule has 0 aliphatic rings. The molecule has 21 heavy (non-hydrogen) atoms. The van der Waals surface area contributed by atoms with Gasteiger partial charge < -0.3 is 9.84 Å². The Morgan fingerprint density at radius 1 is 1.10 bits per heavy atom. The van der Waals surface area contributed by atoms with E-state index in [1.165, 1.54) is 0 Å². The minimum absolute atomic E-state index is 0.120. The molecule has 0 amide bonds. The van der Waals surface area contributed by atoms with E-state index in [1.807, 2.05) is 30.3 Å². The summed E-state index contributed by atoms with van der Waals surface area (Å²) in [6.07, 6.45) is 1.11. The number of hydrogen-bond donors (Lipinski definition) is 1. The van der Waals surface area contributed by atoms with Crippen LogP contribution in [-0.2, 0) is 4.79 Å². The smallest absolute Gasteiger partial charge is 0.232 e. The zero-order chi connectivity index (χ0) is 15.1. The molecule has 0 aliphatic carbocycles. The van der Waals surface area contributed by atoms with Gasteiger partial charge in [0.1, 0.15) is 11.5 Å². The number of carbonyl (C=O) groups is 1. The molecule has 3 heteroatoms. The Hall–Kier alpha value is -2.99. The molecule has 1 N–H and O–H groups in total. The standard InChI is InChI=1S/C18H14O3/c1-21-17-11-8-15(9-12-17)18(20)13-16(19)10-7-14-5-3-2-4-6-14/h2-6,8-9,11-13,20H,1H3/b18-13-. The second kappa shape index (κ2) is 6.97. The third kappa shape index (κ3) is 4.26. The highest BCUT2D eigenvalue weighted by Gasteiger charge is 2.02. The highest BCUT2D eigenvalue weighted by Crippen LogP contribution is 2.16. The molecular weight excluding hydrogens is 264 g/mol. The van der Waals surface area contributed by atoms with Crippen LogP contribution in [0.25, 0.3) is 5.76 Å². The number of ether oxygens (including phenoxy) is 1. The maximum atomic E-state index is 11.7. The van der Waals surface area contributed by atoms with Crippen LogP contribution in [0.2, 0.25) is 0 Å². The SMILES string of the molecule is COc1ccc(/C(O)=C/C(=O)C#Cc2ccccc2)cc1. The van der Waals surface area contributed by atoms with E-state index in [2.05, 4.69) is 11.8 Å². The molecule has 0 heterocycles. The maximum absolute atomic E-state index is 11.7. The Morgan fingerprint density at radius 2 is 1.76 bits per heavy atom. The van der Waals surface area contributed by atoms with E-state index in [9.17, 15) is 9.90 Å². The number of benzene rings is 2. The quantitative estimate of drug-likeness (QED) is 0.533. The van der Waals surface area contributed by atoms with Crippen molar-refractivity contribution < 1.29 is 14.6 Å². The van der Waals surface area contributed by atoms with Crippen LogP contribution in [0.5, 0.6) is 5.75 Å². The Labute approximate surface area is 123 Å². The van der Waals surface area contributed by atoms with Gasteiger partial charge in [0.05, 0.1) is 7.11 Å². The summed E-state index contributed by atoms with van der Waals surface area (Å²) in [6.45, 7) is 0. The number of hydrogen-bond acceptors (Lipinski definition) is 3. The fourth-order valence-electron chi connectivity index (χ4n) is 1.66. The summed E-state index contributed by atoms with van der Waals surface area (Å²) in [5.41, 5.74) is 1.29. The molecule has 2 rings (SSSR count). The molecule has 0 atom stereocenters. The van der Waals surface area contributed by atoms with Gasteiger partial charge in [-0.15, -0.1) is 0 Å². The maximum Gasteiger partial charge on any atom is 0.232 e. The zero-order valence-electron chi connectivity index (χ0n) is 11.5. The largest absolute Gasteiger partial charge is 0.507 e. The summed E-state index contributed by atoms with van der Waals surface area (Å²) in [5.74, 6) is 5.33. The van der Waals surface area contributed by atoms with E-state index in [-0.39, 0.29) is 5.76 Å². The third-order valence-electron chi connectivity index (χ3n) is 2.76. The molecule has 0 aliphatic heterocycles. The van der Waals surface area contributed by atoms with Gasteiger partial charge in [-0.05, 0) is 42.3 Å². The average molecular weight is 278 g/mol. The first-order valence-electron chi connectivity index (χ1n) is 6.35. The number of carbonyl (C=O) groups excluding carboxylic acids is 1. The number of methoxy groups -OCH3 is 1. The van der Waals surface area contributed by atoms with Crippen LogP contribution in [0.3, 0.4) is 0 Å². The van der Waals surface area contributed by atoms with E-state index in [1.54, 1.807) is 31.4 Å². The first-order valence-corrected chi connectivity index (χ1v) is 6.35. The lowest BCUT2D eigenvalue weighted by molar-refractivity contribution is -0.109. The van der Waals surface area contributed by atoms with Gasteiger partial charge in [0, 0.05) is 17.2 Å². The zero-order valence-corrected chi connectivity index (χ0v) is 11.5. The monoisotopic (exact) mass is 278 g/mol. The topological polar surface area (TPSA) is 46.5 Å². The highest BCUT2D eigenvalue weighted by atomic mass is 16.5. The third-order valence-corrected chi connectivity index (χ3v) is 2.76. The van der Waals surface area contributed by atoms with Crippen molar-refractivity contribution in [2.24, 2.45) is 0 Å². The number of rotatable bonds is 3. The molecule has 0 unspecified atom stereocenters. The van der Waals surface area contributed by atoms with Crippen molar-refractivity contribution in [1.29, 1.82) is 0 Å². The lowest BCUT2D eigenvalue weighted by Gasteiger charge is -2.01. The second-order valence-electron chi connectivity index (χ2n) is 4.24. The van der Waals surface area contributed by atoms with Crippen LogP contribution >= 0.6 is 0 Å². The van der Waals surface area contributed by atoms with Crippen molar-refractivity contribution in [1.82, 2.24) is 0 Å².